The van der Waals surface area contributed by atoms with Gasteiger partial charge in [-0.1, -0.05) is 13.8 Å². The molecule has 1 aliphatic heterocycles. The Balaban J connectivity index is 1.77. The molecule has 2 unspecified atom stereocenters. The number of rotatable bonds is 12. The fourth-order valence-electron chi connectivity index (χ4n) is 3.33. The van der Waals surface area contributed by atoms with Crippen LogP contribution in [0.1, 0.15) is 45.8 Å². The van der Waals surface area contributed by atoms with Crippen molar-refractivity contribution in [1.29, 1.82) is 0 Å². The normalized spacial score (nSPS) is 18.8. The van der Waals surface area contributed by atoms with Crippen molar-refractivity contribution in [3.8, 4) is 0 Å². The molecule has 6 heteroatoms. The van der Waals surface area contributed by atoms with Gasteiger partial charge in [-0.15, -0.1) is 0 Å². The van der Waals surface area contributed by atoms with Crippen molar-refractivity contribution in [2.45, 2.75) is 52.5 Å². The average molecular weight is 379 g/mol. The van der Waals surface area contributed by atoms with Gasteiger partial charge in [0.1, 0.15) is 5.76 Å². The van der Waals surface area contributed by atoms with E-state index in [0.717, 1.165) is 76.9 Å². The molecular formula is C21H38N4O2. The molecule has 2 heterocycles. The predicted molar refractivity (Wildman–Crippen MR) is 111 cm³/mol. The number of hydrogen-bond acceptors (Lipinski definition) is 4. The smallest absolute Gasteiger partial charge is 0.191 e. The van der Waals surface area contributed by atoms with Crippen LogP contribution in [0.2, 0.25) is 0 Å². The van der Waals surface area contributed by atoms with E-state index in [1.807, 2.05) is 12.1 Å². The Kier molecular flexibility index (Phi) is 10.3. The molecule has 0 aliphatic carbocycles. The topological polar surface area (TPSA) is 62.0 Å². The van der Waals surface area contributed by atoms with E-state index in [2.05, 4.69) is 36.3 Å². The van der Waals surface area contributed by atoms with E-state index in [1.54, 1.807) is 6.26 Å². The highest BCUT2D eigenvalue weighted by atomic mass is 16.5. The van der Waals surface area contributed by atoms with E-state index in [-0.39, 0.29) is 0 Å². The van der Waals surface area contributed by atoms with Gasteiger partial charge in [-0.25, -0.2) is 0 Å². The highest BCUT2D eigenvalue weighted by Crippen LogP contribution is 2.12. The van der Waals surface area contributed by atoms with Crippen LogP contribution in [-0.4, -0.2) is 62.8 Å². The van der Waals surface area contributed by atoms with Crippen LogP contribution in [0.3, 0.4) is 0 Å². The molecule has 1 fully saturated rings. The largest absolute Gasteiger partial charge is 0.469 e. The Labute approximate surface area is 164 Å². The molecule has 1 aromatic rings. The van der Waals surface area contributed by atoms with Gasteiger partial charge in [-0.05, 0) is 58.0 Å². The summed E-state index contributed by atoms with van der Waals surface area (Å²) in [5, 5.41) is 7.04. The summed E-state index contributed by atoms with van der Waals surface area (Å²) in [6.07, 6.45) is 6.04. The van der Waals surface area contributed by atoms with Gasteiger partial charge in [0.2, 0.25) is 0 Å². The monoisotopic (exact) mass is 378 g/mol. The first-order valence-electron chi connectivity index (χ1n) is 10.6. The Morgan fingerprint density at radius 1 is 1.37 bits per heavy atom. The van der Waals surface area contributed by atoms with Crippen molar-refractivity contribution < 1.29 is 9.15 Å². The Hall–Kier alpha value is -1.53. The van der Waals surface area contributed by atoms with Gasteiger partial charge in [0.05, 0.1) is 12.9 Å². The molecule has 0 aromatic carbocycles. The van der Waals surface area contributed by atoms with Gasteiger partial charge in [0, 0.05) is 38.1 Å². The maximum absolute atomic E-state index is 5.47. The standard InChI is InChI=1S/C21H38N4O2/c1-4-25(5-2)13-6-8-18(3)24-21(23-16-19-11-15-26-17-19)22-12-10-20-9-7-14-27-20/h7,9,14,18-19H,4-6,8,10-13,15-17H2,1-3H3,(H2,22,23,24). The first kappa shape index (κ1) is 21.8. The van der Waals surface area contributed by atoms with Crippen molar-refractivity contribution in [3.63, 3.8) is 0 Å². The number of furan rings is 1. The number of aliphatic imine (C=N–C) groups is 1. The van der Waals surface area contributed by atoms with Crippen LogP contribution in [-0.2, 0) is 11.2 Å². The minimum Gasteiger partial charge on any atom is -0.469 e. The number of ether oxygens (including phenoxy) is 1. The molecule has 2 N–H and O–H groups in total. The van der Waals surface area contributed by atoms with Crippen molar-refractivity contribution in [3.05, 3.63) is 24.2 Å². The van der Waals surface area contributed by atoms with Crippen LogP contribution < -0.4 is 10.6 Å². The summed E-state index contributed by atoms with van der Waals surface area (Å²) in [5.74, 6) is 2.45. The molecule has 6 nitrogen and oxygen atoms in total. The zero-order valence-corrected chi connectivity index (χ0v) is 17.4. The van der Waals surface area contributed by atoms with Gasteiger partial charge in [0.15, 0.2) is 5.96 Å². The average Bonchev–Trinajstić information content (AvgIpc) is 3.37. The Bertz CT molecular complexity index is 508. The first-order chi connectivity index (χ1) is 13.2. The van der Waals surface area contributed by atoms with Crippen LogP contribution in [0.5, 0.6) is 0 Å². The molecule has 0 spiro atoms. The van der Waals surface area contributed by atoms with Crippen LogP contribution in [0.4, 0.5) is 0 Å². The Morgan fingerprint density at radius 2 is 2.22 bits per heavy atom. The molecule has 2 rings (SSSR count). The molecule has 27 heavy (non-hydrogen) atoms. The second kappa shape index (κ2) is 12.8. The molecule has 0 amide bonds. The molecule has 1 saturated heterocycles. The lowest BCUT2D eigenvalue weighted by Crippen LogP contribution is -2.43. The predicted octanol–water partition coefficient (Wildman–Crippen LogP) is 2.90. The van der Waals surface area contributed by atoms with Gasteiger partial charge >= 0.3 is 0 Å². The summed E-state index contributed by atoms with van der Waals surface area (Å²) >= 11 is 0. The molecule has 0 radical (unpaired) electrons. The SMILES string of the molecule is CCN(CC)CCCC(C)NC(=NCC1CCOC1)NCCc1ccco1. The zero-order chi connectivity index (χ0) is 19.3. The van der Waals surface area contributed by atoms with Crippen molar-refractivity contribution in [1.82, 2.24) is 15.5 Å². The van der Waals surface area contributed by atoms with E-state index < -0.39 is 0 Å². The lowest BCUT2D eigenvalue weighted by atomic mass is 10.1. The van der Waals surface area contributed by atoms with Gasteiger partial charge in [-0.3, -0.25) is 4.99 Å². The summed E-state index contributed by atoms with van der Waals surface area (Å²) in [6, 6.07) is 4.34. The second-order valence-electron chi connectivity index (χ2n) is 7.39. The van der Waals surface area contributed by atoms with E-state index >= 15 is 0 Å². The van der Waals surface area contributed by atoms with Crippen molar-refractivity contribution in [2.24, 2.45) is 10.9 Å². The van der Waals surface area contributed by atoms with E-state index in [9.17, 15) is 0 Å². The number of hydrogen-bond donors (Lipinski definition) is 2. The third kappa shape index (κ3) is 8.80. The molecule has 1 aromatic heterocycles. The van der Waals surface area contributed by atoms with Gasteiger partial charge in [0.25, 0.3) is 0 Å². The van der Waals surface area contributed by atoms with Crippen LogP contribution in [0.25, 0.3) is 0 Å². The summed E-state index contributed by atoms with van der Waals surface area (Å²) in [5.41, 5.74) is 0. The first-order valence-corrected chi connectivity index (χ1v) is 10.6. The number of guanidine groups is 1. The highest BCUT2D eigenvalue weighted by Gasteiger charge is 2.15. The summed E-state index contributed by atoms with van der Waals surface area (Å²) in [6.45, 7) is 13.5. The molecule has 0 bridgehead atoms. The summed E-state index contributed by atoms with van der Waals surface area (Å²) < 4.78 is 10.9. The van der Waals surface area contributed by atoms with Crippen LogP contribution in [0.15, 0.2) is 27.8 Å². The molecule has 2 atom stereocenters. The molecule has 1 aliphatic rings. The number of nitrogens with one attached hydrogen (secondary N) is 2. The van der Waals surface area contributed by atoms with Gasteiger partial charge in [-0.2, -0.15) is 0 Å². The fraction of sp³-hybridized carbons (Fsp3) is 0.762. The third-order valence-electron chi connectivity index (χ3n) is 5.16. The third-order valence-corrected chi connectivity index (χ3v) is 5.16. The van der Waals surface area contributed by atoms with Gasteiger partial charge < -0.3 is 24.7 Å². The minimum absolute atomic E-state index is 0.398. The highest BCUT2D eigenvalue weighted by molar-refractivity contribution is 5.80. The number of nitrogens with zero attached hydrogens (tertiary/aromatic N) is 2. The fourth-order valence-corrected chi connectivity index (χ4v) is 3.33. The zero-order valence-electron chi connectivity index (χ0n) is 17.4. The molecular weight excluding hydrogens is 340 g/mol. The molecule has 154 valence electrons. The molecule has 0 saturated carbocycles. The summed E-state index contributed by atoms with van der Waals surface area (Å²) in [4.78, 5) is 7.29. The van der Waals surface area contributed by atoms with E-state index in [4.69, 9.17) is 14.1 Å². The lowest BCUT2D eigenvalue weighted by Gasteiger charge is -2.21. The van der Waals surface area contributed by atoms with Crippen molar-refractivity contribution >= 4 is 5.96 Å². The maximum atomic E-state index is 5.47. The van der Waals surface area contributed by atoms with E-state index in [0.29, 0.717) is 12.0 Å². The quantitative estimate of drug-likeness (QED) is 0.433. The van der Waals surface area contributed by atoms with E-state index in [1.165, 1.54) is 6.42 Å². The summed E-state index contributed by atoms with van der Waals surface area (Å²) in [7, 11) is 0. The van der Waals surface area contributed by atoms with Crippen LogP contribution >= 0.6 is 0 Å². The minimum atomic E-state index is 0.398. The second-order valence-corrected chi connectivity index (χ2v) is 7.39. The maximum Gasteiger partial charge on any atom is 0.191 e. The van der Waals surface area contributed by atoms with Crippen LogP contribution in [0, 0.1) is 5.92 Å². The van der Waals surface area contributed by atoms with Crippen molar-refractivity contribution in [2.75, 3.05) is 45.9 Å². The Morgan fingerprint density at radius 3 is 2.89 bits per heavy atom. The lowest BCUT2D eigenvalue weighted by molar-refractivity contribution is 0.187.